The van der Waals surface area contributed by atoms with E-state index in [0.717, 1.165) is 26.5 Å². The van der Waals surface area contributed by atoms with Gasteiger partial charge in [0.05, 0.1) is 18.1 Å². The number of thioether (sulfide) groups is 1. The molecule has 0 bridgehead atoms. The highest BCUT2D eigenvalue weighted by atomic mass is 32.2. The van der Waals surface area contributed by atoms with Crippen LogP contribution in [-0.4, -0.2) is 31.2 Å². The van der Waals surface area contributed by atoms with Gasteiger partial charge in [0.15, 0.2) is 0 Å². The Morgan fingerprint density at radius 2 is 2.11 bits per heavy atom. The first kappa shape index (κ1) is 17.7. The highest BCUT2D eigenvalue weighted by Gasteiger charge is 2.12. The Bertz CT molecular complexity index is 1040. The average Bonchev–Trinajstić information content (AvgIpc) is 3.38. The Hall–Kier alpha value is -2.71. The van der Waals surface area contributed by atoms with Crippen LogP contribution in [0.15, 0.2) is 65.8 Å². The number of carbonyl (C=O) groups excluding carboxylic acids is 1. The van der Waals surface area contributed by atoms with E-state index in [1.54, 1.807) is 30.2 Å². The van der Waals surface area contributed by atoms with Crippen LogP contribution in [0.4, 0.5) is 0 Å². The second kappa shape index (κ2) is 7.89. The quantitative estimate of drug-likeness (QED) is 0.397. The molecule has 0 saturated carbocycles. The zero-order valence-electron chi connectivity index (χ0n) is 14.6. The van der Waals surface area contributed by atoms with Crippen molar-refractivity contribution >= 4 is 39.2 Å². The third-order valence-corrected chi connectivity index (χ3v) is 5.96. The summed E-state index contributed by atoms with van der Waals surface area (Å²) in [7, 11) is 0. The minimum Gasteiger partial charge on any atom is -0.349 e. The Labute approximate surface area is 164 Å². The number of nitrogens with one attached hydrogen (secondary N) is 1. The minimum atomic E-state index is -0.0681. The van der Waals surface area contributed by atoms with Gasteiger partial charge in [-0.05, 0) is 36.1 Å². The molecule has 0 aliphatic carbocycles. The summed E-state index contributed by atoms with van der Waals surface area (Å²) in [6.45, 7) is 1.98. The number of hydrogen-bond donors (Lipinski definition) is 1. The van der Waals surface area contributed by atoms with Gasteiger partial charge in [-0.15, -0.1) is 11.3 Å². The van der Waals surface area contributed by atoms with Crippen LogP contribution < -0.4 is 5.32 Å². The Balaban J connectivity index is 1.35. The summed E-state index contributed by atoms with van der Waals surface area (Å²) < 4.78 is 1.94. The van der Waals surface area contributed by atoms with Crippen molar-refractivity contribution in [2.24, 2.45) is 0 Å². The van der Waals surface area contributed by atoms with E-state index in [9.17, 15) is 4.79 Å². The van der Waals surface area contributed by atoms with Crippen LogP contribution >= 0.6 is 23.1 Å². The summed E-state index contributed by atoms with van der Waals surface area (Å²) in [6.07, 6.45) is 6.95. The molecule has 4 rings (SSSR count). The molecule has 1 aromatic carbocycles. The fourth-order valence-electron chi connectivity index (χ4n) is 2.73. The van der Waals surface area contributed by atoms with Gasteiger partial charge in [-0.2, -0.15) is 0 Å². The summed E-state index contributed by atoms with van der Waals surface area (Å²) in [5, 5.41) is 6.87. The van der Waals surface area contributed by atoms with Crippen LogP contribution in [0.5, 0.6) is 0 Å². The molecule has 1 atom stereocenters. The number of carbonyl (C=O) groups is 1. The summed E-state index contributed by atoms with van der Waals surface area (Å²) in [5.74, 6) is 0.299. The van der Waals surface area contributed by atoms with Gasteiger partial charge < -0.3 is 9.88 Å². The normalized spacial score (nSPS) is 12.2. The molecule has 27 heavy (non-hydrogen) atoms. The molecule has 1 N–H and O–H groups in total. The number of benzene rings is 1. The number of rotatable bonds is 6. The van der Waals surface area contributed by atoms with Crippen molar-refractivity contribution in [2.75, 3.05) is 5.75 Å². The fraction of sp³-hybridized carbons (Fsp3) is 0.158. The average molecular weight is 396 g/mol. The molecule has 0 spiro atoms. The zero-order chi connectivity index (χ0) is 18.6. The molecule has 0 saturated heterocycles. The summed E-state index contributed by atoms with van der Waals surface area (Å²) in [4.78, 5) is 25.9. The van der Waals surface area contributed by atoms with E-state index in [4.69, 9.17) is 0 Å². The predicted octanol–water partition coefficient (Wildman–Crippen LogP) is 3.85. The zero-order valence-corrected chi connectivity index (χ0v) is 16.2. The van der Waals surface area contributed by atoms with Crippen LogP contribution in [0.2, 0.25) is 0 Å². The first-order chi connectivity index (χ1) is 13.2. The van der Waals surface area contributed by atoms with Gasteiger partial charge in [-0.25, -0.2) is 15.0 Å². The van der Waals surface area contributed by atoms with E-state index >= 15 is 0 Å². The third-order valence-electron chi connectivity index (χ3n) is 4.14. The molecular formula is C19H17N5OS2. The number of nitrogens with zero attached hydrogens (tertiary/aromatic N) is 4. The molecule has 0 aliphatic heterocycles. The lowest BCUT2D eigenvalue weighted by Gasteiger charge is -2.15. The molecule has 4 aromatic rings. The lowest BCUT2D eigenvalue weighted by Crippen LogP contribution is -2.28. The van der Waals surface area contributed by atoms with Gasteiger partial charge in [0, 0.05) is 23.5 Å². The smallest absolute Gasteiger partial charge is 0.230 e. The van der Waals surface area contributed by atoms with Crippen LogP contribution in [-0.2, 0) is 4.79 Å². The van der Waals surface area contributed by atoms with Crippen molar-refractivity contribution in [2.45, 2.75) is 18.0 Å². The molecule has 8 heteroatoms. The van der Waals surface area contributed by atoms with E-state index in [1.807, 2.05) is 53.4 Å². The molecule has 0 unspecified atom stereocenters. The second-order valence-electron chi connectivity index (χ2n) is 5.96. The maximum absolute atomic E-state index is 12.3. The van der Waals surface area contributed by atoms with Crippen molar-refractivity contribution in [3.63, 3.8) is 0 Å². The Morgan fingerprint density at radius 1 is 1.26 bits per heavy atom. The van der Waals surface area contributed by atoms with Crippen LogP contribution in [0.25, 0.3) is 15.9 Å². The van der Waals surface area contributed by atoms with Crippen molar-refractivity contribution < 1.29 is 4.79 Å². The van der Waals surface area contributed by atoms with Crippen molar-refractivity contribution in [1.82, 2.24) is 24.8 Å². The SMILES string of the molecule is C[C@H](NC(=O)CSc1ncnc2sccc12)c1ccc(-n2ccnc2)cc1. The van der Waals surface area contributed by atoms with Crippen LogP contribution in [0.1, 0.15) is 18.5 Å². The highest BCUT2D eigenvalue weighted by Crippen LogP contribution is 2.27. The molecule has 6 nitrogen and oxygen atoms in total. The molecule has 0 fully saturated rings. The molecule has 3 aromatic heterocycles. The van der Waals surface area contributed by atoms with Gasteiger partial charge in [-0.3, -0.25) is 4.79 Å². The lowest BCUT2D eigenvalue weighted by atomic mass is 10.1. The summed E-state index contributed by atoms with van der Waals surface area (Å²) >= 11 is 3.01. The Kier molecular flexibility index (Phi) is 5.17. The minimum absolute atomic E-state index is 0.0202. The van der Waals surface area contributed by atoms with Crippen LogP contribution in [0.3, 0.4) is 0 Å². The maximum atomic E-state index is 12.3. The molecular weight excluding hydrogens is 378 g/mol. The van der Waals surface area contributed by atoms with E-state index in [1.165, 1.54) is 11.8 Å². The number of fused-ring (bicyclic) bond motifs is 1. The number of amides is 1. The van der Waals surface area contributed by atoms with Crippen molar-refractivity contribution in [3.8, 4) is 5.69 Å². The lowest BCUT2D eigenvalue weighted by molar-refractivity contribution is -0.119. The first-order valence-electron chi connectivity index (χ1n) is 8.39. The summed E-state index contributed by atoms with van der Waals surface area (Å²) in [6, 6.07) is 10.00. The molecule has 0 aliphatic rings. The standard InChI is InChI=1S/C19H17N5OS2/c1-13(14-2-4-15(5-3-14)24-8-7-20-12-24)23-17(25)10-27-19-16-6-9-26-18(16)21-11-22-19/h2-9,11-13H,10H2,1H3,(H,23,25)/t13-/m0/s1. The van der Waals surface area contributed by atoms with E-state index in [0.29, 0.717) is 5.75 Å². The number of thiophene rings is 1. The monoisotopic (exact) mass is 395 g/mol. The van der Waals surface area contributed by atoms with Gasteiger partial charge in [0.25, 0.3) is 0 Å². The number of aromatic nitrogens is 4. The van der Waals surface area contributed by atoms with E-state index in [2.05, 4.69) is 20.3 Å². The van der Waals surface area contributed by atoms with Crippen molar-refractivity contribution in [1.29, 1.82) is 0 Å². The van der Waals surface area contributed by atoms with E-state index in [-0.39, 0.29) is 11.9 Å². The van der Waals surface area contributed by atoms with Gasteiger partial charge >= 0.3 is 0 Å². The highest BCUT2D eigenvalue weighted by molar-refractivity contribution is 8.00. The topological polar surface area (TPSA) is 72.7 Å². The van der Waals surface area contributed by atoms with Gasteiger partial charge in [0.1, 0.15) is 16.2 Å². The Morgan fingerprint density at radius 3 is 2.89 bits per heavy atom. The largest absolute Gasteiger partial charge is 0.349 e. The molecule has 3 heterocycles. The summed E-state index contributed by atoms with van der Waals surface area (Å²) in [5.41, 5.74) is 2.09. The molecule has 136 valence electrons. The first-order valence-corrected chi connectivity index (χ1v) is 10.3. The number of hydrogen-bond acceptors (Lipinski definition) is 6. The molecule has 0 radical (unpaired) electrons. The van der Waals surface area contributed by atoms with Crippen LogP contribution in [0, 0.1) is 0 Å². The maximum Gasteiger partial charge on any atom is 0.230 e. The van der Waals surface area contributed by atoms with E-state index < -0.39 is 0 Å². The fourth-order valence-corrected chi connectivity index (χ4v) is 4.32. The third kappa shape index (κ3) is 4.01. The van der Waals surface area contributed by atoms with Crippen molar-refractivity contribution in [3.05, 3.63) is 66.3 Å². The second-order valence-corrected chi connectivity index (χ2v) is 7.82. The predicted molar refractivity (Wildman–Crippen MR) is 108 cm³/mol. The number of imidazole rings is 1. The molecule has 1 amide bonds. The van der Waals surface area contributed by atoms with Gasteiger partial charge in [0.2, 0.25) is 5.91 Å². The van der Waals surface area contributed by atoms with Gasteiger partial charge in [-0.1, -0.05) is 23.9 Å².